The first-order valence-corrected chi connectivity index (χ1v) is 5.05. The molecule has 0 bridgehead atoms. The largest absolute Gasteiger partial charge is 0.491 e. The Morgan fingerprint density at radius 2 is 2.47 bits per heavy atom. The molecule has 3 nitrogen and oxygen atoms in total. The molecule has 4 heteroatoms. The number of morpholine rings is 1. The summed E-state index contributed by atoms with van der Waals surface area (Å²) in [5.74, 6) is 0.263. The van der Waals surface area contributed by atoms with Crippen LogP contribution in [0.4, 0.5) is 4.39 Å². The molecule has 82 valence electrons. The molecular formula is C11H14FNO2. The lowest BCUT2D eigenvalue weighted by Gasteiger charge is -2.23. The monoisotopic (exact) mass is 211 g/mol. The van der Waals surface area contributed by atoms with Crippen LogP contribution in [-0.4, -0.2) is 32.4 Å². The van der Waals surface area contributed by atoms with Gasteiger partial charge in [0.15, 0.2) is 0 Å². The number of rotatable bonds is 3. The molecule has 0 aromatic heterocycles. The summed E-state index contributed by atoms with van der Waals surface area (Å²) in [7, 11) is 0. The molecule has 1 atom stereocenters. The molecule has 1 fully saturated rings. The summed E-state index contributed by atoms with van der Waals surface area (Å²) in [5.41, 5.74) is 0. The highest BCUT2D eigenvalue weighted by Gasteiger charge is 2.13. The zero-order valence-electron chi connectivity index (χ0n) is 8.41. The van der Waals surface area contributed by atoms with E-state index in [0.29, 0.717) is 19.0 Å². The zero-order chi connectivity index (χ0) is 10.5. The summed E-state index contributed by atoms with van der Waals surface area (Å²) in [5, 5.41) is 3.20. The molecule has 2 rings (SSSR count). The molecule has 0 saturated carbocycles. The highest BCUT2D eigenvalue weighted by atomic mass is 19.1. The summed E-state index contributed by atoms with van der Waals surface area (Å²) >= 11 is 0. The van der Waals surface area contributed by atoms with E-state index >= 15 is 0 Å². The molecule has 1 aromatic carbocycles. The summed E-state index contributed by atoms with van der Waals surface area (Å²) in [6, 6.07) is 6.13. The van der Waals surface area contributed by atoms with E-state index < -0.39 is 0 Å². The van der Waals surface area contributed by atoms with Crippen molar-refractivity contribution in [3.05, 3.63) is 30.1 Å². The molecule has 1 saturated heterocycles. The highest BCUT2D eigenvalue weighted by molar-refractivity contribution is 5.22. The average molecular weight is 211 g/mol. The van der Waals surface area contributed by atoms with Crippen molar-refractivity contribution in [2.24, 2.45) is 0 Å². The van der Waals surface area contributed by atoms with E-state index in [1.165, 1.54) is 12.1 Å². The van der Waals surface area contributed by atoms with Crippen molar-refractivity contribution in [2.75, 3.05) is 26.3 Å². The molecule has 1 aromatic rings. The van der Waals surface area contributed by atoms with Crippen molar-refractivity contribution in [3.8, 4) is 5.75 Å². The Labute approximate surface area is 88.2 Å². The van der Waals surface area contributed by atoms with E-state index in [9.17, 15) is 4.39 Å². The topological polar surface area (TPSA) is 30.5 Å². The predicted octanol–water partition coefficient (Wildman–Crippen LogP) is 1.19. The average Bonchev–Trinajstić information content (AvgIpc) is 2.28. The number of ether oxygens (including phenoxy) is 2. The Bertz CT molecular complexity index is 313. The lowest BCUT2D eigenvalue weighted by atomic mass is 10.3. The van der Waals surface area contributed by atoms with Crippen LogP contribution in [0.15, 0.2) is 24.3 Å². The molecule has 0 aliphatic carbocycles. The van der Waals surface area contributed by atoms with Crippen molar-refractivity contribution in [2.45, 2.75) is 6.10 Å². The van der Waals surface area contributed by atoms with Crippen molar-refractivity contribution < 1.29 is 13.9 Å². The van der Waals surface area contributed by atoms with Crippen LogP contribution in [-0.2, 0) is 4.74 Å². The van der Waals surface area contributed by atoms with Crippen LogP contribution in [0.3, 0.4) is 0 Å². The van der Waals surface area contributed by atoms with E-state index in [-0.39, 0.29) is 11.9 Å². The number of benzene rings is 1. The van der Waals surface area contributed by atoms with Crippen LogP contribution in [0.5, 0.6) is 5.75 Å². The Balaban J connectivity index is 1.81. The zero-order valence-corrected chi connectivity index (χ0v) is 8.41. The van der Waals surface area contributed by atoms with Crippen molar-refractivity contribution in [3.63, 3.8) is 0 Å². The Kier molecular flexibility index (Phi) is 3.53. The van der Waals surface area contributed by atoms with Gasteiger partial charge in [-0.25, -0.2) is 4.39 Å². The summed E-state index contributed by atoms with van der Waals surface area (Å²) in [6.07, 6.45) is 0.0574. The van der Waals surface area contributed by atoms with Gasteiger partial charge in [-0.05, 0) is 12.1 Å². The molecule has 1 aliphatic rings. The molecule has 1 heterocycles. The van der Waals surface area contributed by atoms with E-state index in [0.717, 1.165) is 13.1 Å². The van der Waals surface area contributed by atoms with Crippen LogP contribution in [0.1, 0.15) is 0 Å². The molecule has 1 N–H and O–H groups in total. The van der Waals surface area contributed by atoms with Crippen LogP contribution in [0.25, 0.3) is 0 Å². The number of hydrogen-bond donors (Lipinski definition) is 1. The SMILES string of the molecule is Fc1cccc(OC[C@H]2CNCCO2)c1. The second-order valence-electron chi connectivity index (χ2n) is 3.47. The fraction of sp³-hybridized carbons (Fsp3) is 0.455. The summed E-state index contributed by atoms with van der Waals surface area (Å²) in [6.45, 7) is 2.83. The first-order chi connectivity index (χ1) is 7.34. The second kappa shape index (κ2) is 5.09. The van der Waals surface area contributed by atoms with Gasteiger partial charge in [-0.3, -0.25) is 0 Å². The lowest BCUT2D eigenvalue weighted by Crippen LogP contribution is -2.41. The summed E-state index contributed by atoms with van der Waals surface area (Å²) < 4.78 is 23.7. The minimum absolute atomic E-state index is 0.0574. The Morgan fingerprint density at radius 1 is 1.53 bits per heavy atom. The van der Waals surface area contributed by atoms with Gasteiger partial charge in [0.25, 0.3) is 0 Å². The van der Waals surface area contributed by atoms with Gasteiger partial charge in [0.1, 0.15) is 24.3 Å². The third-order valence-electron chi connectivity index (χ3n) is 2.24. The van der Waals surface area contributed by atoms with Gasteiger partial charge in [0.2, 0.25) is 0 Å². The Hall–Kier alpha value is -1.13. The van der Waals surface area contributed by atoms with Crippen LogP contribution < -0.4 is 10.1 Å². The van der Waals surface area contributed by atoms with Gasteiger partial charge in [-0.1, -0.05) is 6.07 Å². The number of hydrogen-bond acceptors (Lipinski definition) is 3. The van der Waals surface area contributed by atoms with E-state index in [1.54, 1.807) is 12.1 Å². The van der Waals surface area contributed by atoms with Gasteiger partial charge < -0.3 is 14.8 Å². The third-order valence-corrected chi connectivity index (χ3v) is 2.24. The third kappa shape index (κ3) is 3.18. The maximum atomic E-state index is 12.8. The Morgan fingerprint density at radius 3 is 3.20 bits per heavy atom. The maximum absolute atomic E-state index is 12.8. The van der Waals surface area contributed by atoms with Gasteiger partial charge in [-0.15, -0.1) is 0 Å². The van der Waals surface area contributed by atoms with Crippen molar-refractivity contribution in [1.29, 1.82) is 0 Å². The summed E-state index contributed by atoms with van der Waals surface area (Å²) in [4.78, 5) is 0. The van der Waals surface area contributed by atoms with Gasteiger partial charge >= 0.3 is 0 Å². The number of nitrogens with one attached hydrogen (secondary N) is 1. The first kappa shape index (κ1) is 10.4. The number of halogens is 1. The second-order valence-corrected chi connectivity index (χ2v) is 3.47. The smallest absolute Gasteiger partial charge is 0.126 e. The molecule has 0 unspecified atom stereocenters. The fourth-order valence-electron chi connectivity index (χ4n) is 1.47. The van der Waals surface area contributed by atoms with E-state index in [2.05, 4.69) is 5.32 Å². The maximum Gasteiger partial charge on any atom is 0.126 e. The predicted molar refractivity (Wildman–Crippen MR) is 54.5 cm³/mol. The van der Waals surface area contributed by atoms with Gasteiger partial charge in [-0.2, -0.15) is 0 Å². The van der Waals surface area contributed by atoms with Crippen molar-refractivity contribution in [1.82, 2.24) is 5.32 Å². The van der Waals surface area contributed by atoms with Crippen LogP contribution >= 0.6 is 0 Å². The lowest BCUT2D eigenvalue weighted by molar-refractivity contribution is 0.000137. The molecule has 0 spiro atoms. The standard InChI is InChI=1S/C11H14FNO2/c12-9-2-1-3-10(6-9)15-8-11-7-13-4-5-14-11/h1-3,6,11,13H,4-5,7-8H2/t11-/m1/s1. The first-order valence-electron chi connectivity index (χ1n) is 5.05. The molecule has 0 radical (unpaired) electrons. The van der Waals surface area contributed by atoms with Crippen LogP contribution in [0, 0.1) is 5.82 Å². The normalized spacial score (nSPS) is 21.3. The van der Waals surface area contributed by atoms with Crippen molar-refractivity contribution >= 4 is 0 Å². The minimum Gasteiger partial charge on any atom is -0.491 e. The highest BCUT2D eigenvalue weighted by Crippen LogP contribution is 2.12. The van der Waals surface area contributed by atoms with Gasteiger partial charge in [0, 0.05) is 19.2 Å². The molecule has 15 heavy (non-hydrogen) atoms. The van der Waals surface area contributed by atoms with Gasteiger partial charge in [0.05, 0.1) is 6.61 Å². The van der Waals surface area contributed by atoms with E-state index in [4.69, 9.17) is 9.47 Å². The van der Waals surface area contributed by atoms with Crippen LogP contribution in [0.2, 0.25) is 0 Å². The molecule has 1 aliphatic heterocycles. The molecule has 0 amide bonds. The fourth-order valence-corrected chi connectivity index (χ4v) is 1.47. The van der Waals surface area contributed by atoms with E-state index in [1.807, 2.05) is 0 Å². The molecular weight excluding hydrogens is 197 g/mol. The quantitative estimate of drug-likeness (QED) is 0.814. The minimum atomic E-state index is -0.282.